The fraction of sp³-hybridized carbons (Fsp3) is 0.409. The molecule has 3 rings (SSSR count). The zero-order valence-corrected chi connectivity index (χ0v) is 15.9. The fourth-order valence-electron chi connectivity index (χ4n) is 3.22. The SMILES string of the molecule is COc1c(C)ccc(-c2ccc3c(c2)CCC3=O)c1OCC(C)(C)CO. The highest BCUT2D eigenvalue weighted by Gasteiger charge is 2.23. The Kier molecular flexibility index (Phi) is 5.05. The Morgan fingerprint density at radius 2 is 1.81 bits per heavy atom. The van der Waals surface area contributed by atoms with Crippen LogP contribution in [0, 0.1) is 12.3 Å². The lowest BCUT2D eigenvalue weighted by molar-refractivity contribution is 0.0961. The van der Waals surface area contributed by atoms with E-state index in [9.17, 15) is 9.90 Å². The summed E-state index contributed by atoms with van der Waals surface area (Å²) in [6.07, 6.45) is 1.38. The van der Waals surface area contributed by atoms with Crippen molar-refractivity contribution < 1.29 is 19.4 Å². The van der Waals surface area contributed by atoms with Crippen LogP contribution in [-0.4, -0.2) is 31.2 Å². The molecule has 0 unspecified atom stereocenters. The maximum absolute atomic E-state index is 11.9. The van der Waals surface area contributed by atoms with Crippen molar-refractivity contribution in [1.29, 1.82) is 0 Å². The van der Waals surface area contributed by atoms with Gasteiger partial charge in [-0.1, -0.05) is 44.2 Å². The minimum atomic E-state index is -0.351. The predicted octanol–water partition coefficient (Wildman–Crippen LogP) is 4.20. The minimum Gasteiger partial charge on any atom is -0.493 e. The second-order valence-electron chi connectivity index (χ2n) is 7.70. The third kappa shape index (κ3) is 3.47. The molecule has 0 fully saturated rings. The van der Waals surface area contributed by atoms with Gasteiger partial charge in [-0.25, -0.2) is 0 Å². The van der Waals surface area contributed by atoms with Crippen molar-refractivity contribution in [3.63, 3.8) is 0 Å². The van der Waals surface area contributed by atoms with E-state index in [0.29, 0.717) is 24.5 Å². The molecule has 0 aromatic heterocycles. The summed E-state index contributed by atoms with van der Waals surface area (Å²) in [5, 5.41) is 9.53. The Morgan fingerprint density at radius 3 is 2.50 bits per heavy atom. The molecule has 4 heteroatoms. The molecule has 0 bridgehead atoms. The fourth-order valence-corrected chi connectivity index (χ4v) is 3.22. The number of Topliss-reactive ketones (excluding diaryl/α,β-unsaturated/α-hetero) is 1. The second kappa shape index (κ2) is 7.12. The number of hydrogen-bond donors (Lipinski definition) is 1. The van der Waals surface area contributed by atoms with Crippen LogP contribution in [0.4, 0.5) is 0 Å². The first kappa shape index (κ1) is 18.5. The van der Waals surface area contributed by atoms with Gasteiger partial charge in [0.15, 0.2) is 17.3 Å². The van der Waals surface area contributed by atoms with Crippen LogP contribution in [0.3, 0.4) is 0 Å². The second-order valence-corrected chi connectivity index (χ2v) is 7.70. The van der Waals surface area contributed by atoms with E-state index in [-0.39, 0.29) is 17.8 Å². The third-order valence-corrected chi connectivity index (χ3v) is 4.89. The molecule has 0 aliphatic heterocycles. The summed E-state index contributed by atoms with van der Waals surface area (Å²) in [4.78, 5) is 11.9. The van der Waals surface area contributed by atoms with Gasteiger partial charge in [0, 0.05) is 23.0 Å². The van der Waals surface area contributed by atoms with Gasteiger partial charge in [0.25, 0.3) is 0 Å². The van der Waals surface area contributed by atoms with Crippen molar-refractivity contribution in [3.8, 4) is 22.6 Å². The molecule has 0 amide bonds. The lowest BCUT2D eigenvalue weighted by Crippen LogP contribution is -2.25. The average molecular weight is 354 g/mol. The van der Waals surface area contributed by atoms with Crippen molar-refractivity contribution in [3.05, 3.63) is 47.0 Å². The molecule has 0 radical (unpaired) electrons. The number of carbonyl (C=O) groups is 1. The highest BCUT2D eigenvalue weighted by molar-refractivity contribution is 6.01. The van der Waals surface area contributed by atoms with E-state index in [1.807, 2.05) is 45.0 Å². The number of fused-ring (bicyclic) bond motifs is 1. The van der Waals surface area contributed by atoms with Crippen LogP contribution in [-0.2, 0) is 6.42 Å². The Labute approximate surface area is 154 Å². The summed E-state index contributed by atoms with van der Waals surface area (Å²) >= 11 is 0. The maximum Gasteiger partial charge on any atom is 0.169 e. The maximum atomic E-state index is 11.9. The van der Waals surface area contributed by atoms with Crippen LogP contribution in [0.1, 0.15) is 41.8 Å². The van der Waals surface area contributed by atoms with E-state index in [1.54, 1.807) is 7.11 Å². The molecule has 1 N–H and O–H groups in total. The van der Waals surface area contributed by atoms with E-state index >= 15 is 0 Å². The zero-order chi connectivity index (χ0) is 18.9. The van der Waals surface area contributed by atoms with E-state index < -0.39 is 0 Å². The van der Waals surface area contributed by atoms with E-state index in [2.05, 4.69) is 6.07 Å². The van der Waals surface area contributed by atoms with Gasteiger partial charge in [-0.3, -0.25) is 4.79 Å². The molecule has 0 saturated heterocycles. The first-order chi connectivity index (χ1) is 12.4. The van der Waals surface area contributed by atoms with Crippen LogP contribution in [0.2, 0.25) is 0 Å². The van der Waals surface area contributed by atoms with E-state index in [1.165, 1.54) is 0 Å². The molecule has 0 heterocycles. The number of carbonyl (C=O) groups excluding carboxylic acids is 1. The van der Waals surface area contributed by atoms with Crippen LogP contribution in [0.5, 0.6) is 11.5 Å². The van der Waals surface area contributed by atoms with Gasteiger partial charge in [0.1, 0.15) is 0 Å². The number of methoxy groups -OCH3 is 1. The lowest BCUT2D eigenvalue weighted by atomic mass is 9.95. The Hall–Kier alpha value is -2.33. The average Bonchev–Trinajstić information content (AvgIpc) is 3.00. The Bertz CT molecular complexity index is 836. The zero-order valence-electron chi connectivity index (χ0n) is 15.9. The summed E-state index contributed by atoms with van der Waals surface area (Å²) < 4.78 is 11.7. The summed E-state index contributed by atoms with van der Waals surface area (Å²) in [5.74, 6) is 1.60. The molecule has 26 heavy (non-hydrogen) atoms. The first-order valence-corrected chi connectivity index (χ1v) is 8.94. The van der Waals surface area contributed by atoms with Crippen LogP contribution < -0.4 is 9.47 Å². The molecular weight excluding hydrogens is 328 g/mol. The van der Waals surface area contributed by atoms with E-state index in [4.69, 9.17) is 9.47 Å². The molecule has 1 aliphatic carbocycles. The third-order valence-electron chi connectivity index (χ3n) is 4.89. The topological polar surface area (TPSA) is 55.8 Å². The predicted molar refractivity (Wildman–Crippen MR) is 102 cm³/mol. The largest absolute Gasteiger partial charge is 0.493 e. The number of benzene rings is 2. The van der Waals surface area contributed by atoms with Crippen molar-refractivity contribution in [1.82, 2.24) is 0 Å². The summed E-state index contributed by atoms with van der Waals surface area (Å²) in [6.45, 7) is 6.30. The Balaban J connectivity index is 2.05. The molecule has 2 aromatic carbocycles. The number of ketones is 1. The van der Waals surface area contributed by atoms with Gasteiger partial charge in [-0.05, 0) is 30.0 Å². The highest BCUT2D eigenvalue weighted by Crippen LogP contribution is 2.42. The number of aryl methyl sites for hydroxylation is 2. The van der Waals surface area contributed by atoms with Crippen LogP contribution in [0.25, 0.3) is 11.1 Å². The molecule has 0 atom stereocenters. The molecule has 138 valence electrons. The molecule has 0 saturated carbocycles. The van der Waals surface area contributed by atoms with Crippen molar-refractivity contribution in [2.24, 2.45) is 5.41 Å². The summed E-state index contributed by atoms with van der Waals surface area (Å²) in [6, 6.07) is 9.99. The number of ether oxygens (including phenoxy) is 2. The number of rotatable bonds is 6. The van der Waals surface area contributed by atoms with Gasteiger partial charge in [-0.2, -0.15) is 0 Å². The normalized spacial score (nSPS) is 13.7. The van der Waals surface area contributed by atoms with Crippen molar-refractivity contribution >= 4 is 5.78 Å². The van der Waals surface area contributed by atoms with Gasteiger partial charge in [-0.15, -0.1) is 0 Å². The van der Waals surface area contributed by atoms with Gasteiger partial charge in [0.05, 0.1) is 20.3 Å². The van der Waals surface area contributed by atoms with Crippen LogP contribution >= 0.6 is 0 Å². The number of aliphatic hydroxyl groups is 1. The summed E-state index contributed by atoms with van der Waals surface area (Å²) in [7, 11) is 1.64. The standard InChI is InChI=1S/C22H26O4/c1-14-5-8-18(16-6-9-17-15(11-16)7-10-19(17)24)21(20(14)25-4)26-13-22(2,3)12-23/h5-6,8-9,11,23H,7,10,12-13H2,1-4H3. The highest BCUT2D eigenvalue weighted by atomic mass is 16.5. The van der Waals surface area contributed by atoms with Gasteiger partial charge < -0.3 is 14.6 Å². The molecule has 2 aromatic rings. The van der Waals surface area contributed by atoms with E-state index in [0.717, 1.165) is 34.2 Å². The number of aliphatic hydroxyl groups excluding tert-OH is 1. The molecule has 4 nitrogen and oxygen atoms in total. The van der Waals surface area contributed by atoms with Crippen molar-refractivity contribution in [2.45, 2.75) is 33.6 Å². The molecule has 1 aliphatic rings. The van der Waals surface area contributed by atoms with Gasteiger partial charge >= 0.3 is 0 Å². The first-order valence-electron chi connectivity index (χ1n) is 8.94. The molecular formula is C22H26O4. The van der Waals surface area contributed by atoms with Crippen molar-refractivity contribution in [2.75, 3.05) is 20.3 Å². The minimum absolute atomic E-state index is 0.0391. The van der Waals surface area contributed by atoms with Gasteiger partial charge in [0.2, 0.25) is 0 Å². The quantitative estimate of drug-likeness (QED) is 0.845. The van der Waals surface area contributed by atoms with Crippen LogP contribution in [0.15, 0.2) is 30.3 Å². The smallest absolute Gasteiger partial charge is 0.169 e. The number of hydrogen-bond acceptors (Lipinski definition) is 4. The molecule has 0 spiro atoms. The summed E-state index contributed by atoms with van der Waals surface area (Å²) in [5.41, 5.74) is 4.50. The monoisotopic (exact) mass is 354 g/mol. The lowest BCUT2D eigenvalue weighted by Gasteiger charge is -2.24. The Morgan fingerprint density at radius 1 is 1.08 bits per heavy atom.